The van der Waals surface area contributed by atoms with E-state index in [4.69, 9.17) is 9.47 Å². The van der Waals surface area contributed by atoms with Gasteiger partial charge in [-0.15, -0.1) is 24.0 Å². The summed E-state index contributed by atoms with van der Waals surface area (Å²) in [6.07, 6.45) is 4.37. The van der Waals surface area contributed by atoms with E-state index >= 15 is 0 Å². The van der Waals surface area contributed by atoms with Crippen LogP contribution in [-0.4, -0.2) is 45.3 Å². The number of aromatic nitrogens is 1. The number of guanidine groups is 1. The zero-order valence-corrected chi connectivity index (χ0v) is 19.6. The number of benzene rings is 1. The van der Waals surface area contributed by atoms with E-state index in [2.05, 4.69) is 31.6 Å². The standard InChI is InChI=1S/C21H29N5O2.HI/c1-22-21(24-14-16-6-7-18(27-2)19(12-16)28-3)25-15-17-8-9-23-20(13-17)26-10-4-5-11-26;/h6-9,12-13H,4-5,10-11,14-15H2,1-3H3,(H2,22,24,25);1H. The largest absolute Gasteiger partial charge is 0.493 e. The lowest BCUT2D eigenvalue weighted by Gasteiger charge is -2.17. The Labute approximate surface area is 189 Å². The number of ether oxygens (including phenoxy) is 2. The average molecular weight is 511 g/mol. The summed E-state index contributed by atoms with van der Waals surface area (Å²) in [6.45, 7) is 3.52. The second-order valence-corrected chi connectivity index (χ2v) is 6.69. The van der Waals surface area contributed by atoms with Crippen molar-refractivity contribution in [1.82, 2.24) is 15.6 Å². The summed E-state index contributed by atoms with van der Waals surface area (Å²) in [6, 6.07) is 10.1. The third-order valence-corrected chi connectivity index (χ3v) is 4.83. The maximum atomic E-state index is 5.36. The van der Waals surface area contributed by atoms with Crippen LogP contribution in [0, 0.1) is 0 Å². The molecule has 1 fully saturated rings. The molecular weight excluding hydrogens is 481 g/mol. The number of anilines is 1. The summed E-state index contributed by atoms with van der Waals surface area (Å²) in [7, 11) is 5.04. The minimum atomic E-state index is 0. The summed E-state index contributed by atoms with van der Waals surface area (Å²) in [5, 5.41) is 6.69. The number of hydrogen-bond donors (Lipinski definition) is 2. The molecule has 1 aromatic carbocycles. The fraction of sp³-hybridized carbons (Fsp3) is 0.429. The van der Waals surface area contributed by atoms with Crippen molar-refractivity contribution in [2.75, 3.05) is 39.3 Å². The maximum Gasteiger partial charge on any atom is 0.191 e. The number of methoxy groups -OCH3 is 2. The summed E-state index contributed by atoms with van der Waals surface area (Å²) < 4.78 is 10.6. The summed E-state index contributed by atoms with van der Waals surface area (Å²) in [4.78, 5) is 11.2. The second kappa shape index (κ2) is 11.7. The number of pyridine rings is 1. The topological polar surface area (TPSA) is 71.0 Å². The molecule has 7 nitrogen and oxygen atoms in total. The van der Waals surface area contributed by atoms with Crippen molar-refractivity contribution in [3.63, 3.8) is 0 Å². The Morgan fingerprint density at radius 1 is 1.00 bits per heavy atom. The van der Waals surface area contributed by atoms with Crippen LogP contribution in [0.25, 0.3) is 0 Å². The van der Waals surface area contributed by atoms with Gasteiger partial charge in [-0.2, -0.15) is 0 Å². The van der Waals surface area contributed by atoms with Crippen LogP contribution < -0.4 is 25.0 Å². The highest BCUT2D eigenvalue weighted by Gasteiger charge is 2.13. The van der Waals surface area contributed by atoms with Crippen molar-refractivity contribution >= 4 is 35.8 Å². The predicted octanol–water partition coefficient (Wildman–Crippen LogP) is 3.18. The molecule has 2 aromatic rings. The molecule has 1 aromatic heterocycles. The van der Waals surface area contributed by atoms with Gasteiger partial charge in [0.25, 0.3) is 0 Å². The van der Waals surface area contributed by atoms with Crippen LogP contribution in [-0.2, 0) is 13.1 Å². The van der Waals surface area contributed by atoms with Gasteiger partial charge >= 0.3 is 0 Å². The highest BCUT2D eigenvalue weighted by molar-refractivity contribution is 14.0. The van der Waals surface area contributed by atoms with E-state index in [1.54, 1.807) is 21.3 Å². The average Bonchev–Trinajstić information content (AvgIpc) is 3.29. The molecule has 0 amide bonds. The Morgan fingerprint density at radius 2 is 1.66 bits per heavy atom. The number of rotatable bonds is 7. The third-order valence-electron chi connectivity index (χ3n) is 4.83. The molecule has 2 heterocycles. The molecule has 0 spiro atoms. The Hall–Kier alpha value is -2.23. The van der Waals surface area contributed by atoms with Gasteiger partial charge in [0, 0.05) is 39.4 Å². The van der Waals surface area contributed by atoms with Crippen LogP contribution in [0.2, 0.25) is 0 Å². The molecule has 0 saturated carbocycles. The van der Waals surface area contributed by atoms with Gasteiger partial charge in [0.15, 0.2) is 17.5 Å². The first-order valence-corrected chi connectivity index (χ1v) is 9.59. The van der Waals surface area contributed by atoms with Crippen LogP contribution in [0.5, 0.6) is 11.5 Å². The molecule has 158 valence electrons. The summed E-state index contributed by atoms with van der Waals surface area (Å²) in [5.74, 6) is 3.25. The monoisotopic (exact) mass is 511 g/mol. The lowest BCUT2D eigenvalue weighted by atomic mass is 10.2. The van der Waals surface area contributed by atoms with Crippen molar-refractivity contribution < 1.29 is 9.47 Å². The molecule has 8 heteroatoms. The minimum Gasteiger partial charge on any atom is -0.493 e. The highest BCUT2D eigenvalue weighted by atomic mass is 127. The molecular formula is C21H30IN5O2. The second-order valence-electron chi connectivity index (χ2n) is 6.69. The number of hydrogen-bond acceptors (Lipinski definition) is 5. The van der Waals surface area contributed by atoms with Gasteiger partial charge in [0.05, 0.1) is 14.2 Å². The summed E-state index contributed by atoms with van der Waals surface area (Å²) in [5.41, 5.74) is 2.27. The van der Waals surface area contributed by atoms with E-state index in [-0.39, 0.29) is 24.0 Å². The fourth-order valence-electron chi connectivity index (χ4n) is 3.27. The molecule has 3 rings (SSSR count). The van der Waals surface area contributed by atoms with Gasteiger partial charge < -0.3 is 25.0 Å². The van der Waals surface area contributed by atoms with E-state index in [1.807, 2.05) is 30.5 Å². The van der Waals surface area contributed by atoms with Crippen molar-refractivity contribution in [1.29, 1.82) is 0 Å². The Bertz CT molecular complexity index is 809. The highest BCUT2D eigenvalue weighted by Crippen LogP contribution is 2.27. The van der Waals surface area contributed by atoms with Crippen LogP contribution in [0.15, 0.2) is 41.5 Å². The SMILES string of the molecule is CN=C(NCc1ccnc(N2CCCC2)c1)NCc1ccc(OC)c(OC)c1.I. The van der Waals surface area contributed by atoms with Gasteiger partial charge in [-0.3, -0.25) is 4.99 Å². The predicted molar refractivity (Wildman–Crippen MR) is 128 cm³/mol. The van der Waals surface area contributed by atoms with Gasteiger partial charge in [0.1, 0.15) is 5.82 Å². The van der Waals surface area contributed by atoms with Crippen molar-refractivity contribution in [3.05, 3.63) is 47.7 Å². The molecule has 0 aliphatic carbocycles. The molecule has 0 radical (unpaired) electrons. The Kier molecular flexibility index (Phi) is 9.30. The van der Waals surface area contributed by atoms with Crippen LogP contribution in [0.4, 0.5) is 5.82 Å². The lowest BCUT2D eigenvalue weighted by molar-refractivity contribution is 0.354. The lowest BCUT2D eigenvalue weighted by Crippen LogP contribution is -2.36. The molecule has 1 aliphatic heterocycles. The number of halogens is 1. The van der Waals surface area contributed by atoms with Gasteiger partial charge in [0.2, 0.25) is 0 Å². The number of nitrogens with one attached hydrogen (secondary N) is 2. The maximum absolute atomic E-state index is 5.36. The van der Waals surface area contributed by atoms with E-state index in [0.717, 1.165) is 41.9 Å². The van der Waals surface area contributed by atoms with Crippen molar-refractivity contribution in [2.45, 2.75) is 25.9 Å². The van der Waals surface area contributed by atoms with Gasteiger partial charge in [-0.25, -0.2) is 4.98 Å². The van der Waals surface area contributed by atoms with Crippen LogP contribution in [0.1, 0.15) is 24.0 Å². The third kappa shape index (κ3) is 6.38. The van der Waals surface area contributed by atoms with Crippen LogP contribution in [0.3, 0.4) is 0 Å². The van der Waals surface area contributed by atoms with E-state index in [1.165, 1.54) is 18.4 Å². The first-order valence-electron chi connectivity index (χ1n) is 9.59. The van der Waals surface area contributed by atoms with Gasteiger partial charge in [-0.1, -0.05) is 6.07 Å². The van der Waals surface area contributed by atoms with Gasteiger partial charge in [-0.05, 0) is 48.2 Å². The minimum absolute atomic E-state index is 0. The smallest absolute Gasteiger partial charge is 0.191 e. The normalized spacial score (nSPS) is 13.6. The first-order chi connectivity index (χ1) is 13.7. The van der Waals surface area contributed by atoms with E-state index in [0.29, 0.717) is 13.1 Å². The van der Waals surface area contributed by atoms with E-state index < -0.39 is 0 Å². The van der Waals surface area contributed by atoms with E-state index in [9.17, 15) is 0 Å². The van der Waals surface area contributed by atoms with Crippen molar-refractivity contribution in [3.8, 4) is 11.5 Å². The summed E-state index contributed by atoms with van der Waals surface area (Å²) >= 11 is 0. The molecule has 0 atom stereocenters. The molecule has 0 unspecified atom stereocenters. The van der Waals surface area contributed by atoms with Crippen LogP contribution >= 0.6 is 24.0 Å². The molecule has 1 saturated heterocycles. The quantitative estimate of drug-likeness (QED) is 0.338. The molecule has 29 heavy (non-hydrogen) atoms. The first kappa shape index (κ1) is 23.1. The molecule has 2 N–H and O–H groups in total. The Morgan fingerprint density at radius 3 is 2.28 bits per heavy atom. The fourth-order valence-corrected chi connectivity index (χ4v) is 3.27. The number of nitrogens with zero attached hydrogens (tertiary/aromatic N) is 3. The Balaban J connectivity index is 0.00000300. The molecule has 0 bridgehead atoms. The molecule has 1 aliphatic rings. The number of aliphatic imine (C=N–C) groups is 1. The van der Waals surface area contributed by atoms with Crippen molar-refractivity contribution in [2.24, 2.45) is 4.99 Å². The zero-order valence-electron chi connectivity index (χ0n) is 17.3. The zero-order chi connectivity index (χ0) is 19.8.